The third kappa shape index (κ3) is 3.94. The molecular weight excluding hydrogens is 330 g/mol. The molecule has 1 aromatic rings. The van der Waals surface area contributed by atoms with Crippen molar-refractivity contribution >= 4 is 6.09 Å². The van der Waals surface area contributed by atoms with Crippen molar-refractivity contribution in [3.05, 3.63) is 35.9 Å². The maximum absolute atomic E-state index is 11.7. The smallest absolute Gasteiger partial charge is 0.407 e. The Balaban J connectivity index is 1.72. The summed E-state index contributed by atoms with van der Waals surface area (Å²) in [7, 11) is 1.44. The maximum Gasteiger partial charge on any atom is 0.407 e. The number of alkyl carbamates (subject to hydrolysis) is 1. The second-order valence-electron chi connectivity index (χ2n) is 5.84. The van der Waals surface area contributed by atoms with Crippen LogP contribution in [0.1, 0.15) is 18.8 Å². The number of nitrogens with one attached hydrogen (secondary N) is 1. The molecule has 3 rings (SSSR count). The summed E-state index contributed by atoms with van der Waals surface area (Å²) in [5.74, 6) is 0. The van der Waals surface area contributed by atoms with Gasteiger partial charge in [-0.2, -0.15) is 0 Å². The molecule has 2 N–H and O–H groups in total. The van der Waals surface area contributed by atoms with Crippen molar-refractivity contribution in [2.45, 2.75) is 43.9 Å². The van der Waals surface area contributed by atoms with Gasteiger partial charge in [0.15, 0.2) is 12.6 Å². The van der Waals surface area contributed by atoms with Gasteiger partial charge in [-0.3, -0.25) is 0 Å². The molecule has 0 aromatic heterocycles. The van der Waals surface area contributed by atoms with Gasteiger partial charge in [-0.25, -0.2) is 4.79 Å². The number of rotatable bonds is 4. The molecule has 0 unspecified atom stereocenters. The Morgan fingerprint density at radius 1 is 1.32 bits per heavy atom. The van der Waals surface area contributed by atoms with Crippen molar-refractivity contribution in [3.63, 3.8) is 0 Å². The second kappa shape index (κ2) is 8.11. The highest BCUT2D eigenvalue weighted by Crippen LogP contribution is 2.34. The highest BCUT2D eigenvalue weighted by atomic mass is 16.7. The molecule has 0 spiro atoms. The van der Waals surface area contributed by atoms with E-state index in [0.29, 0.717) is 0 Å². The second-order valence-corrected chi connectivity index (χ2v) is 5.84. The van der Waals surface area contributed by atoms with E-state index < -0.39 is 43.0 Å². The highest BCUT2D eigenvalue weighted by molar-refractivity contribution is 5.67. The summed E-state index contributed by atoms with van der Waals surface area (Å²) in [6.45, 7) is 2.16. The number of hydrogen-bond donors (Lipinski definition) is 2. The maximum atomic E-state index is 11.7. The largest absolute Gasteiger partial charge is 0.450 e. The predicted octanol–water partition coefficient (Wildman–Crippen LogP) is 0.947. The molecular formula is C17H23NO7. The Hall–Kier alpha value is -1.71. The van der Waals surface area contributed by atoms with Crippen molar-refractivity contribution in [2.24, 2.45) is 0 Å². The fraction of sp³-hybridized carbons (Fsp3) is 0.588. The fourth-order valence-electron chi connectivity index (χ4n) is 3.04. The summed E-state index contributed by atoms with van der Waals surface area (Å²) in [4.78, 5) is 11.7. The van der Waals surface area contributed by atoms with E-state index >= 15 is 0 Å². The first kappa shape index (κ1) is 18.1. The molecule has 8 heteroatoms. The van der Waals surface area contributed by atoms with E-state index in [4.69, 9.17) is 23.7 Å². The summed E-state index contributed by atoms with van der Waals surface area (Å²) in [5, 5.41) is 13.3. The summed E-state index contributed by atoms with van der Waals surface area (Å²) in [6, 6.07) is 8.61. The zero-order valence-electron chi connectivity index (χ0n) is 14.2. The van der Waals surface area contributed by atoms with E-state index in [1.54, 1.807) is 6.92 Å². The zero-order chi connectivity index (χ0) is 17.8. The van der Waals surface area contributed by atoms with E-state index in [-0.39, 0.29) is 13.2 Å². The normalized spacial score (nSPS) is 34.8. The predicted molar refractivity (Wildman–Crippen MR) is 85.6 cm³/mol. The zero-order valence-corrected chi connectivity index (χ0v) is 14.2. The van der Waals surface area contributed by atoms with Crippen LogP contribution in [0.15, 0.2) is 30.3 Å². The average Bonchev–Trinajstić information content (AvgIpc) is 2.64. The molecule has 8 nitrogen and oxygen atoms in total. The van der Waals surface area contributed by atoms with Crippen LogP contribution >= 0.6 is 0 Å². The van der Waals surface area contributed by atoms with Crippen molar-refractivity contribution in [1.82, 2.24) is 5.32 Å². The minimum Gasteiger partial charge on any atom is -0.450 e. The van der Waals surface area contributed by atoms with Gasteiger partial charge in [0, 0.05) is 12.7 Å². The van der Waals surface area contributed by atoms with Gasteiger partial charge in [0.1, 0.15) is 24.4 Å². The van der Waals surface area contributed by atoms with Crippen LogP contribution in [0.4, 0.5) is 4.79 Å². The number of carbonyl (C=O) groups excluding carboxylic acids is 1. The quantitative estimate of drug-likeness (QED) is 0.832. The Bertz CT molecular complexity index is 569. The third-order valence-electron chi connectivity index (χ3n) is 4.23. The number of aliphatic hydroxyl groups excluding tert-OH is 1. The number of carbonyl (C=O) groups is 1. The molecule has 2 saturated heterocycles. The monoisotopic (exact) mass is 353 g/mol. The number of ether oxygens (including phenoxy) is 5. The fourth-order valence-corrected chi connectivity index (χ4v) is 3.04. The van der Waals surface area contributed by atoms with Gasteiger partial charge in [0.2, 0.25) is 0 Å². The number of amides is 1. The minimum absolute atomic E-state index is 0.222. The molecule has 25 heavy (non-hydrogen) atoms. The van der Waals surface area contributed by atoms with Crippen molar-refractivity contribution < 1.29 is 33.6 Å². The molecule has 2 aliphatic rings. The van der Waals surface area contributed by atoms with Gasteiger partial charge in [-0.1, -0.05) is 30.3 Å². The first-order valence-corrected chi connectivity index (χ1v) is 8.25. The molecule has 2 aliphatic heterocycles. The SMILES string of the molecule is CCOC(=O)N[C@H]1[C@@H](OC)O[C@@H]2CO[C@H](c3ccccc3)O[C@H]2[C@@H]1O. The Labute approximate surface area is 146 Å². The first-order valence-electron chi connectivity index (χ1n) is 8.25. The van der Waals surface area contributed by atoms with Gasteiger partial charge < -0.3 is 34.1 Å². The molecule has 0 bridgehead atoms. The van der Waals surface area contributed by atoms with Crippen LogP contribution in [0.3, 0.4) is 0 Å². The molecule has 0 aliphatic carbocycles. The van der Waals surface area contributed by atoms with Crippen molar-refractivity contribution in [3.8, 4) is 0 Å². The molecule has 1 amide bonds. The number of fused-ring (bicyclic) bond motifs is 1. The Kier molecular flexibility index (Phi) is 5.87. The molecule has 1 aromatic carbocycles. The van der Waals surface area contributed by atoms with E-state index in [9.17, 15) is 9.90 Å². The van der Waals surface area contributed by atoms with Gasteiger partial charge in [0.05, 0.1) is 13.2 Å². The van der Waals surface area contributed by atoms with Crippen molar-refractivity contribution in [2.75, 3.05) is 20.3 Å². The molecule has 6 atom stereocenters. The summed E-state index contributed by atoms with van der Waals surface area (Å²) >= 11 is 0. The lowest BCUT2D eigenvalue weighted by Crippen LogP contribution is -2.66. The van der Waals surface area contributed by atoms with Crippen molar-refractivity contribution in [1.29, 1.82) is 0 Å². The molecule has 0 saturated carbocycles. The summed E-state index contributed by atoms with van der Waals surface area (Å²) in [6.07, 6.45) is -4.30. The van der Waals surface area contributed by atoms with Gasteiger partial charge in [0.25, 0.3) is 0 Å². The molecule has 0 radical (unpaired) electrons. The molecule has 2 heterocycles. The lowest BCUT2D eigenvalue weighted by Gasteiger charge is -2.47. The lowest BCUT2D eigenvalue weighted by molar-refractivity contribution is -0.341. The first-order chi connectivity index (χ1) is 12.1. The van der Waals surface area contributed by atoms with E-state index in [0.717, 1.165) is 5.56 Å². The average molecular weight is 353 g/mol. The van der Waals surface area contributed by atoms with Crippen LogP contribution in [0.2, 0.25) is 0 Å². The standard InChI is InChI=1S/C17H23NO7/c1-3-22-17(20)18-12-13(19)14-11(24-16(12)21-2)9-23-15(25-14)10-7-5-4-6-8-10/h4-8,11-16,19H,3,9H2,1-2H3,(H,18,20)/t11-,12-,13-,14-,15+,16+/m1/s1. The van der Waals surface area contributed by atoms with Gasteiger partial charge in [-0.05, 0) is 6.92 Å². The van der Waals surface area contributed by atoms with Crippen LogP contribution in [0.25, 0.3) is 0 Å². The number of hydrogen-bond acceptors (Lipinski definition) is 7. The van der Waals surface area contributed by atoms with Crippen LogP contribution in [-0.2, 0) is 23.7 Å². The lowest BCUT2D eigenvalue weighted by atomic mass is 9.96. The third-order valence-corrected chi connectivity index (χ3v) is 4.23. The van der Waals surface area contributed by atoms with Gasteiger partial charge in [-0.15, -0.1) is 0 Å². The van der Waals surface area contributed by atoms with Crippen LogP contribution in [0, 0.1) is 0 Å². The Morgan fingerprint density at radius 3 is 2.76 bits per heavy atom. The van der Waals surface area contributed by atoms with Crippen LogP contribution in [-0.4, -0.2) is 62.2 Å². The number of aliphatic hydroxyl groups is 1. The number of benzene rings is 1. The van der Waals surface area contributed by atoms with E-state index in [1.807, 2.05) is 30.3 Å². The highest BCUT2D eigenvalue weighted by Gasteiger charge is 2.50. The summed E-state index contributed by atoms with van der Waals surface area (Å²) in [5.41, 5.74) is 0.844. The Morgan fingerprint density at radius 2 is 2.08 bits per heavy atom. The number of methoxy groups -OCH3 is 1. The molecule has 138 valence electrons. The van der Waals surface area contributed by atoms with Crippen LogP contribution in [0.5, 0.6) is 0 Å². The molecule has 2 fully saturated rings. The van der Waals surface area contributed by atoms with E-state index in [2.05, 4.69) is 5.32 Å². The van der Waals surface area contributed by atoms with Gasteiger partial charge >= 0.3 is 6.09 Å². The minimum atomic E-state index is -1.04. The van der Waals surface area contributed by atoms with E-state index in [1.165, 1.54) is 7.11 Å². The topological polar surface area (TPSA) is 95.5 Å². The van der Waals surface area contributed by atoms with Crippen LogP contribution < -0.4 is 5.32 Å². The summed E-state index contributed by atoms with van der Waals surface area (Å²) < 4.78 is 27.5.